The van der Waals surface area contributed by atoms with Crippen LogP contribution < -0.4 is 25.6 Å². The van der Waals surface area contributed by atoms with Gasteiger partial charge in [-0.05, 0) is 135 Å². The first-order valence-corrected chi connectivity index (χ1v) is 24.0. The first-order chi connectivity index (χ1) is 29.3. The van der Waals surface area contributed by atoms with Gasteiger partial charge in [0.05, 0.1) is 16.3 Å². The molecule has 1 fully saturated rings. The second kappa shape index (κ2) is 19.4. The summed E-state index contributed by atoms with van der Waals surface area (Å²) in [6, 6.07) is 37.7. The number of anilines is 5. The number of hydrogen-bond acceptors (Lipinski definition) is 10. The van der Waals surface area contributed by atoms with E-state index in [1.807, 2.05) is 94.8 Å². The molecule has 1 saturated heterocycles. The average Bonchev–Trinajstić information content (AvgIpc) is 3.49. The normalized spacial score (nSPS) is 14.3. The summed E-state index contributed by atoms with van der Waals surface area (Å²) in [5.74, 6) is 0.696. The molecule has 0 bridgehead atoms. The van der Waals surface area contributed by atoms with Crippen LogP contribution in [0.5, 0.6) is 0 Å². The maximum absolute atomic E-state index is 13.6. The van der Waals surface area contributed by atoms with Gasteiger partial charge in [0, 0.05) is 93.8 Å². The minimum absolute atomic E-state index is 0.0677. The molecule has 0 amide bonds. The van der Waals surface area contributed by atoms with Crippen LogP contribution >= 0.6 is 23.4 Å². The molecule has 1 unspecified atom stereocenters. The van der Waals surface area contributed by atoms with Crippen molar-refractivity contribution in [3.05, 3.63) is 132 Å². The largest absolute Gasteiger partial charge is 0.768 e. The maximum Gasteiger partial charge on any atom is 0.261 e. The number of thioether (sulfide) groups is 1. The lowest BCUT2D eigenvalue weighted by Gasteiger charge is -2.37. The zero-order valence-electron chi connectivity index (χ0n) is 34.7. The van der Waals surface area contributed by atoms with E-state index < -0.39 is 21.1 Å². The smallest absolute Gasteiger partial charge is 0.261 e. The number of rotatable bonds is 16. The van der Waals surface area contributed by atoms with E-state index in [4.69, 9.17) is 17.3 Å². The van der Waals surface area contributed by atoms with Gasteiger partial charge in [-0.2, -0.15) is 0 Å². The first kappa shape index (κ1) is 44.1. The Labute approximate surface area is 371 Å². The van der Waals surface area contributed by atoms with Gasteiger partial charge >= 0.3 is 0 Å². The molecule has 0 aliphatic carbocycles. The van der Waals surface area contributed by atoms with Crippen molar-refractivity contribution in [1.82, 2.24) is 9.47 Å². The van der Waals surface area contributed by atoms with Crippen LogP contribution in [0.2, 0.25) is 5.02 Å². The molecule has 1 aromatic heterocycles. The maximum atomic E-state index is 13.6. The van der Waals surface area contributed by atoms with Crippen molar-refractivity contribution in [1.29, 1.82) is 0 Å². The first-order valence-electron chi connectivity index (χ1n) is 20.0. The SMILES string of the molecule is Cc1c(N)c(-c2cccc(N3CCN(c4ccc(NS(=O)(=O)c5ccc(N[C@H](CCN(C)C)CSc6ccccc6)c(S(=O)[O-])c5)cc4)CC3)c2)c(-c2ccc(Cl)cc2)n1C. The lowest BCUT2D eigenvalue weighted by molar-refractivity contribution is 0.391. The van der Waals surface area contributed by atoms with Crippen molar-refractivity contribution in [2.75, 3.05) is 78.1 Å². The minimum Gasteiger partial charge on any atom is -0.768 e. The van der Waals surface area contributed by atoms with Crippen molar-refractivity contribution in [3.63, 3.8) is 0 Å². The van der Waals surface area contributed by atoms with E-state index >= 15 is 0 Å². The summed E-state index contributed by atoms with van der Waals surface area (Å²) >= 11 is 5.21. The highest BCUT2D eigenvalue weighted by Crippen LogP contribution is 2.42. The van der Waals surface area contributed by atoms with Crippen molar-refractivity contribution >= 4 is 72.9 Å². The predicted molar refractivity (Wildman–Crippen MR) is 253 cm³/mol. The zero-order valence-corrected chi connectivity index (χ0v) is 37.9. The number of halogens is 1. The lowest BCUT2D eigenvalue weighted by Crippen LogP contribution is -2.46. The highest BCUT2D eigenvalue weighted by molar-refractivity contribution is 7.99. The number of nitrogens with two attached hydrogens (primary N) is 1. The number of piperazine rings is 1. The molecule has 0 saturated carbocycles. The number of benzene rings is 5. The monoisotopic (exact) mass is 896 g/mol. The Morgan fingerprint density at radius 2 is 1.52 bits per heavy atom. The molecule has 1 aliphatic heterocycles. The molecule has 6 aromatic rings. The fraction of sp³-hybridized carbons (Fsp3) is 0.261. The van der Waals surface area contributed by atoms with E-state index in [-0.39, 0.29) is 15.8 Å². The Bertz CT molecular complexity index is 2580. The summed E-state index contributed by atoms with van der Waals surface area (Å²) in [5.41, 5.74) is 15.5. The third-order valence-corrected chi connectivity index (χ3v) is 14.5. The molecule has 2 atom stereocenters. The summed E-state index contributed by atoms with van der Waals surface area (Å²) in [6.45, 7) is 5.96. The van der Waals surface area contributed by atoms with Crippen molar-refractivity contribution in [2.24, 2.45) is 7.05 Å². The van der Waals surface area contributed by atoms with Gasteiger partial charge < -0.3 is 34.9 Å². The summed E-state index contributed by atoms with van der Waals surface area (Å²) < 4.78 is 56.9. The second-order valence-corrected chi connectivity index (χ2v) is 19.5. The van der Waals surface area contributed by atoms with Gasteiger partial charge in [-0.25, -0.2) is 8.42 Å². The van der Waals surface area contributed by atoms with Crippen LogP contribution in [0.1, 0.15) is 12.1 Å². The minimum atomic E-state index is -4.10. The molecule has 15 heteroatoms. The van der Waals surface area contributed by atoms with Crippen LogP contribution in [0, 0.1) is 6.92 Å². The molecule has 61 heavy (non-hydrogen) atoms. The Morgan fingerprint density at radius 3 is 2.18 bits per heavy atom. The fourth-order valence-electron chi connectivity index (χ4n) is 7.57. The van der Waals surface area contributed by atoms with Gasteiger partial charge in [0.15, 0.2) is 0 Å². The third kappa shape index (κ3) is 10.6. The topological polar surface area (TPSA) is 139 Å². The second-order valence-electron chi connectivity index (χ2n) is 15.4. The van der Waals surface area contributed by atoms with Gasteiger partial charge in [-0.15, -0.1) is 11.8 Å². The summed E-state index contributed by atoms with van der Waals surface area (Å²) in [4.78, 5) is 7.59. The molecular weight excluding hydrogens is 846 g/mol. The fourth-order valence-corrected chi connectivity index (χ4v) is 10.4. The molecule has 320 valence electrons. The lowest BCUT2D eigenvalue weighted by atomic mass is 9.99. The Balaban J connectivity index is 0.995. The van der Waals surface area contributed by atoms with Gasteiger partial charge in [-0.3, -0.25) is 8.93 Å². The summed E-state index contributed by atoms with van der Waals surface area (Å²) in [6.07, 6.45) is 0.760. The quantitative estimate of drug-likeness (QED) is 0.0639. The molecule has 11 nitrogen and oxygen atoms in total. The number of nitrogen functional groups attached to an aromatic ring is 1. The Morgan fingerprint density at radius 1 is 0.852 bits per heavy atom. The zero-order chi connectivity index (χ0) is 43.3. The van der Waals surface area contributed by atoms with Gasteiger partial charge in [0.2, 0.25) is 0 Å². The van der Waals surface area contributed by atoms with Gasteiger partial charge in [-0.1, -0.05) is 54.1 Å². The van der Waals surface area contributed by atoms with Crippen LogP contribution in [0.25, 0.3) is 22.4 Å². The van der Waals surface area contributed by atoms with E-state index in [1.54, 1.807) is 23.9 Å². The van der Waals surface area contributed by atoms with Gasteiger partial charge in [0.25, 0.3) is 10.0 Å². The average molecular weight is 898 g/mol. The number of sulfonamides is 1. The molecule has 5 aromatic carbocycles. The molecule has 4 N–H and O–H groups in total. The molecule has 7 rings (SSSR count). The van der Waals surface area contributed by atoms with E-state index in [9.17, 15) is 17.2 Å². The van der Waals surface area contributed by atoms with E-state index in [0.717, 1.165) is 89.2 Å². The van der Waals surface area contributed by atoms with E-state index in [2.05, 4.69) is 53.6 Å². The van der Waals surface area contributed by atoms with Crippen molar-refractivity contribution < 1.29 is 17.2 Å². The molecular formula is C46H51ClN7O4S3-. The molecule has 1 aliphatic rings. The highest BCUT2D eigenvalue weighted by Gasteiger charge is 2.23. The Hall–Kier alpha value is -4.96. The van der Waals surface area contributed by atoms with Crippen LogP contribution in [-0.4, -0.2) is 85.3 Å². The third-order valence-electron chi connectivity index (χ3n) is 11.0. The van der Waals surface area contributed by atoms with Crippen molar-refractivity contribution in [2.45, 2.75) is 34.1 Å². The highest BCUT2D eigenvalue weighted by atomic mass is 35.5. The molecule has 0 radical (unpaired) electrons. The number of aromatic nitrogens is 1. The van der Waals surface area contributed by atoms with Crippen LogP contribution in [0.4, 0.5) is 28.4 Å². The van der Waals surface area contributed by atoms with Crippen LogP contribution in [-0.2, 0) is 28.2 Å². The predicted octanol–water partition coefficient (Wildman–Crippen LogP) is 8.79. The number of hydrogen-bond donors (Lipinski definition) is 3. The molecule has 2 heterocycles. The van der Waals surface area contributed by atoms with Crippen molar-refractivity contribution in [3.8, 4) is 22.4 Å². The number of nitrogens with one attached hydrogen (secondary N) is 2. The standard InChI is InChI=1S/C46H52ClN7O4S3/c1-32-45(48)44(46(52(32)4)33-13-15-35(47)16-14-33)34-9-8-10-39(29-34)54-27-25-53(26-28-54)38-19-17-36(18-20-38)50-61(57,58)41-21-22-42(43(30-41)60(55)56)49-37(23-24-51(2)3)31-59-40-11-6-5-7-12-40/h5-22,29-30,37,49-50H,23-28,31,48H2,1-4H3,(H,55,56)/p-1/t37-/m1/s1. The van der Waals surface area contributed by atoms with Crippen LogP contribution in [0.3, 0.4) is 0 Å². The van der Waals surface area contributed by atoms with Crippen LogP contribution in [0.15, 0.2) is 136 Å². The summed E-state index contributed by atoms with van der Waals surface area (Å²) in [5, 5.41) is 4.07. The number of nitrogens with zero attached hydrogens (tertiary/aromatic N) is 4. The van der Waals surface area contributed by atoms with E-state index in [1.165, 1.54) is 18.2 Å². The Kier molecular flexibility index (Phi) is 14.0. The summed E-state index contributed by atoms with van der Waals surface area (Å²) in [7, 11) is 1.91. The molecule has 0 spiro atoms. The van der Waals surface area contributed by atoms with Gasteiger partial charge in [0.1, 0.15) is 0 Å². The van der Waals surface area contributed by atoms with E-state index in [0.29, 0.717) is 22.2 Å².